The lowest BCUT2D eigenvalue weighted by molar-refractivity contribution is 0.513. The van der Waals surface area contributed by atoms with Crippen LogP contribution in [0.1, 0.15) is 5.76 Å². The molecule has 2 aromatic heterocycles. The topological polar surface area (TPSA) is 69.9 Å². The molecule has 0 aliphatic heterocycles. The normalized spacial score (nSPS) is 10.7. The molecule has 0 spiro atoms. The number of hydrogen-bond acceptors (Lipinski definition) is 4. The van der Waals surface area contributed by atoms with Crippen molar-refractivity contribution in [2.75, 3.05) is 0 Å². The van der Waals surface area contributed by atoms with Gasteiger partial charge in [-0.15, -0.1) is 5.10 Å². The molecule has 0 atom stereocenters. The number of hydrogen-bond donors (Lipinski definition) is 1. The molecule has 0 radical (unpaired) electrons. The monoisotopic (exact) mass is 240 g/mol. The van der Waals surface area contributed by atoms with Gasteiger partial charge in [-0.05, 0) is 18.2 Å². The molecule has 90 valence electrons. The average molecular weight is 240 g/mol. The van der Waals surface area contributed by atoms with Gasteiger partial charge in [0.1, 0.15) is 5.76 Å². The second-order valence-electron chi connectivity index (χ2n) is 3.83. The molecule has 2 heterocycles. The lowest BCUT2D eigenvalue weighted by atomic mass is 10.2. The Hall–Kier alpha value is -2.40. The van der Waals surface area contributed by atoms with E-state index >= 15 is 0 Å². The van der Waals surface area contributed by atoms with Crippen molar-refractivity contribution in [3.63, 3.8) is 0 Å². The maximum atomic E-state index is 5.65. The molecule has 0 aliphatic carbocycles. The summed E-state index contributed by atoms with van der Waals surface area (Å²) in [5.41, 5.74) is 8.39. The molecule has 0 unspecified atom stereocenters. The molecule has 3 rings (SSSR count). The Morgan fingerprint density at radius 3 is 2.78 bits per heavy atom. The van der Waals surface area contributed by atoms with Crippen LogP contribution in [0.2, 0.25) is 0 Å². The Morgan fingerprint density at radius 1 is 1.17 bits per heavy atom. The van der Waals surface area contributed by atoms with E-state index in [0.29, 0.717) is 6.54 Å². The number of furan rings is 1. The van der Waals surface area contributed by atoms with Gasteiger partial charge >= 0.3 is 0 Å². The predicted octanol–water partition coefficient (Wildman–Crippen LogP) is 1.99. The van der Waals surface area contributed by atoms with Gasteiger partial charge in [0.25, 0.3) is 0 Å². The first-order valence-electron chi connectivity index (χ1n) is 5.63. The van der Waals surface area contributed by atoms with Crippen LogP contribution < -0.4 is 5.73 Å². The van der Waals surface area contributed by atoms with Gasteiger partial charge in [0.15, 0.2) is 0 Å². The molecule has 5 heteroatoms. The highest BCUT2D eigenvalue weighted by Gasteiger charge is 2.13. The number of rotatable bonds is 3. The molecule has 0 fully saturated rings. The van der Waals surface area contributed by atoms with Crippen molar-refractivity contribution in [3.05, 3.63) is 54.6 Å². The number of para-hydroxylation sites is 1. The van der Waals surface area contributed by atoms with Crippen LogP contribution >= 0.6 is 0 Å². The third kappa shape index (κ3) is 1.70. The van der Waals surface area contributed by atoms with Crippen molar-refractivity contribution in [2.45, 2.75) is 6.54 Å². The van der Waals surface area contributed by atoms with Crippen LogP contribution in [0.25, 0.3) is 16.9 Å². The Balaban J connectivity index is 2.13. The lowest BCUT2D eigenvalue weighted by Crippen LogP contribution is -2.01. The minimum absolute atomic E-state index is 0.350. The molecule has 0 amide bonds. The summed E-state index contributed by atoms with van der Waals surface area (Å²) in [5, 5.41) is 8.06. The number of nitrogens with two attached hydrogens (primary N) is 1. The van der Waals surface area contributed by atoms with Crippen molar-refractivity contribution in [1.29, 1.82) is 0 Å². The van der Waals surface area contributed by atoms with Gasteiger partial charge in [-0.1, -0.05) is 23.4 Å². The fourth-order valence-electron chi connectivity index (χ4n) is 1.91. The molecule has 1 aromatic carbocycles. The lowest BCUT2D eigenvalue weighted by Gasteiger charge is -2.05. The first-order valence-corrected chi connectivity index (χ1v) is 5.63. The maximum absolute atomic E-state index is 5.65. The van der Waals surface area contributed by atoms with Crippen molar-refractivity contribution in [1.82, 2.24) is 15.0 Å². The zero-order valence-electron chi connectivity index (χ0n) is 9.65. The van der Waals surface area contributed by atoms with Crippen LogP contribution in [0.3, 0.4) is 0 Å². The molecule has 0 saturated carbocycles. The second-order valence-corrected chi connectivity index (χ2v) is 3.83. The fraction of sp³-hybridized carbons (Fsp3) is 0.0769. The van der Waals surface area contributed by atoms with Gasteiger partial charge in [-0.2, -0.15) is 0 Å². The van der Waals surface area contributed by atoms with Gasteiger partial charge in [0.05, 0.1) is 30.4 Å². The van der Waals surface area contributed by atoms with Crippen molar-refractivity contribution < 1.29 is 4.42 Å². The van der Waals surface area contributed by atoms with Crippen LogP contribution in [-0.4, -0.2) is 15.0 Å². The molecule has 2 N–H and O–H groups in total. The molecule has 0 bridgehead atoms. The van der Waals surface area contributed by atoms with E-state index in [-0.39, 0.29) is 0 Å². The first-order chi connectivity index (χ1) is 8.90. The Morgan fingerprint density at radius 2 is 2.00 bits per heavy atom. The Labute approximate surface area is 104 Å². The summed E-state index contributed by atoms with van der Waals surface area (Å²) in [6.07, 6.45) is 3.33. The zero-order valence-corrected chi connectivity index (χ0v) is 9.65. The Bertz CT molecular complexity index is 642. The van der Waals surface area contributed by atoms with Gasteiger partial charge in [-0.3, -0.25) is 0 Å². The van der Waals surface area contributed by atoms with E-state index in [0.717, 1.165) is 22.7 Å². The van der Waals surface area contributed by atoms with Gasteiger partial charge < -0.3 is 10.2 Å². The molecule has 5 nitrogen and oxygen atoms in total. The second kappa shape index (κ2) is 4.46. The van der Waals surface area contributed by atoms with Gasteiger partial charge in [0.2, 0.25) is 0 Å². The van der Waals surface area contributed by atoms with Crippen molar-refractivity contribution in [3.8, 4) is 16.9 Å². The Kier molecular flexibility index (Phi) is 2.66. The van der Waals surface area contributed by atoms with E-state index in [1.807, 2.05) is 36.4 Å². The van der Waals surface area contributed by atoms with E-state index in [4.69, 9.17) is 10.2 Å². The SMILES string of the molecule is NCc1occc1-c1cnnn1-c1ccccc1. The molecular formula is C13H12N4O. The third-order valence-electron chi connectivity index (χ3n) is 2.76. The summed E-state index contributed by atoms with van der Waals surface area (Å²) in [5.74, 6) is 0.731. The summed E-state index contributed by atoms with van der Waals surface area (Å²) >= 11 is 0. The average Bonchev–Trinajstić information content (AvgIpc) is 3.07. The van der Waals surface area contributed by atoms with E-state index in [2.05, 4.69) is 10.3 Å². The van der Waals surface area contributed by atoms with E-state index in [1.165, 1.54) is 0 Å². The first kappa shape index (κ1) is 10.7. The highest BCUT2D eigenvalue weighted by molar-refractivity contribution is 5.62. The fourth-order valence-corrected chi connectivity index (χ4v) is 1.91. The summed E-state index contributed by atoms with van der Waals surface area (Å²) in [6.45, 7) is 0.350. The van der Waals surface area contributed by atoms with E-state index in [9.17, 15) is 0 Å². The number of benzene rings is 1. The highest BCUT2D eigenvalue weighted by Crippen LogP contribution is 2.25. The van der Waals surface area contributed by atoms with Crippen molar-refractivity contribution in [2.24, 2.45) is 5.73 Å². The molecule has 18 heavy (non-hydrogen) atoms. The van der Waals surface area contributed by atoms with E-state index in [1.54, 1.807) is 17.1 Å². The minimum atomic E-state index is 0.350. The molecule has 0 aliphatic rings. The minimum Gasteiger partial charge on any atom is -0.467 e. The zero-order chi connectivity index (χ0) is 12.4. The highest BCUT2D eigenvalue weighted by atomic mass is 16.3. The van der Waals surface area contributed by atoms with Crippen LogP contribution in [0, 0.1) is 0 Å². The maximum Gasteiger partial charge on any atom is 0.126 e. The summed E-state index contributed by atoms with van der Waals surface area (Å²) < 4.78 is 7.10. The third-order valence-corrected chi connectivity index (χ3v) is 2.76. The van der Waals surface area contributed by atoms with Gasteiger partial charge in [0, 0.05) is 5.56 Å². The van der Waals surface area contributed by atoms with Crippen LogP contribution in [-0.2, 0) is 6.54 Å². The number of aromatic nitrogens is 3. The summed E-state index contributed by atoms with van der Waals surface area (Å²) in [7, 11) is 0. The smallest absolute Gasteiger partial charge is 0.126 e. The van der Waals surface area contributed by atoms with Crippen LogP contribution in [0.5, 0.6) is 0 Å². The van der Waals surface area contributed by atoms with Crippen LogP contribution in [0.15, 0.2) is 53.3 Å². The standard InChI is InChI=1S/C13H12N4O/c14-8-13-11(6-7-18-13)12-9-15-16-17(12)10-4-2-1-3-5-10/h1-7,9H,8,14H2. The van der Waals surface area contributed by atoms with Crippen molar-refractivity contribution >= 4 is 0 Å². The van der Waals surface area contributed by atoms with E-state index < -0.39 is 0 Å². The summed E-state index contributed by atoms with van der Waals surface area (Å²) in [4.78, 5) is 0. The van der Waals surface area contributed by atoms with Crippen LogP contribution in [0.4, 0.5) is 0 Å². The molecule has 3 aromatic rings. The number of nitrogens with zero attached hydrogens (tertiary/aromatic N) is 3. The quantitative estimate of drug-likeness (QED) is 0.760. The predicted molar refractivity (Wildman–Crippen MR) is 67.0 cm³/mol. The molecule has 0 saturated heterocycles. The van der Waals surface area contributed by atoms with Gasteiger partial charge in [-0.25, -0.2) is 4.68 Å². The molecular weight excluding hydrogens is 228 g/mol. The summed E-state index contributed by atoms with van der Waals surface area (Å²) in [6, 6.07) is 11.7. The largest absolute Gasteiger partial charge is 0.467 e.